The number of alkyl halides is 3. The molecule has 1 amide bonds. The average Bonchev–Trinajstić information content (AvgIpc) is 2.80. The minimum Gasteiger partial charge on any atom is -0.378 e. The Hall–Kier alpha value is -3.10. The van der Waals surface area contributed by atoms with Gasteiger partial charge in [-0.2, -0.15) is 13.2 Å². The van der Waals surface area contributed by atoms with Crippen LogP contribution in [0, 0.1) is 6.92 Å². The summed E-state index contributed by atoms with van der Waals surface area (Å²) in [5, 5.41) is 3.02. The molecule has 4 rings (SSSR count). The van der Waals surface area contributed by atoms with E-state index in [0.717, 1.165) is 34.6 Å². The van der Waals surface area contributed by atoms with Crippen molar-refractivity contribution in [1.82, 2.24) is 4.98 Å². The zero-order chi connectivity index (χ0) is 23.6. The molecule has 1 fully saturated rings. The second-order valence-corrected chi connectivity index (χ2v) is 8.09. The van der Waals surface area contributed by atoms with Crippen molar-refractivity contribution in [2.24, 2.45) is 0 Å². The summed E-state index contributed by atoms with van der Waals surface area (Å²) < 4.78 is 44.4. The van der Waals surface area contributed by atoms with Gasteiger partial charge in [0, 0.05) is 24.3 Å². The first kappa shape index (κ1) is 23.1. The van der Waals surface area contributed by atoms with Gasteiger partial charge in [-0.25, -0.2) is 4.98 Å². The number of pyridine rings is 1. The molecule has 9 heteroatoms. The van der Waals surface area contributed by atoms with Crippen LogP contribution in [0.4, 0.5) is 24.7 Å². The Bertz CT molecular complexity index is 1180. The minimum atomic E-state index is -4.52. The Morgan fingerprint density at radius 1 is 1.09 bits per heavy atom. The molecule has 3 aromatic rings. The van der Waals surface area contributed by atoms with Gasteiger partial charge in [-0.3, -0.25) is 4.79 Å². The molecule has 1 N–H and O–H groups in total. The molecule has 0 saturated carbocycles. The van der Waals surface area contributed by atoms with Crippen LogP contribution < -0.4 is 10.2 Å². The largest absolute Gasteiger partial charge is 0.416 e. The number of anilines is 2. The molecule has 1 aliphatic heterocycles. The Morgan fingerprint density at radius 2 is 1.85 bits per heavy atom. The van der Waals surface area contributed by atoms with Crippen LogP contribution in [0.2, 0.25) is 5.15 Å². The van der Waals surface area contributed by atoms with Gasteiger partial charge >= 0.3 is 6.18 Å². The van der Waals surface area contributed by atoms with E-state index in [2.05, 4.69) is 15.2 Å². The number of rotatable bonds is 4. The predicted molar refractivity (Wildman–Crippen MR) is 122 cm³/mol. The van der Waals surface area contributed by atoms with Crippen LogP contribution in [0.15, 0.2) is 54.6 Å². The molecule has 1 aliphatic rings. The third kappa shape index (κ3) is 5.46. The van der Waals surface area contributed by atoms with Crippen molar-refractivity contribution < 1.29 is 22.7 Å². The van der Waals surface area contributed by atoms with Gasteiger partial charge in [0.1, 0.15) is 11.0 Å². The van der Waals surface area contributed by atoms with E-state index in [1.54, 1.807) is 18.2 Å². The maximum atomic E-state index is 13.0. The molecule has 0 atom stereocenters. The smallest absolute Gasteiger partial charge is 0.378 e. The van der Waals surface area contributed by atoms with Crippen molar-refractivity contribution in [3.05, 3.63) is 76.4 Å². The monoisotopic (exact) mass is 475 g/mol. The molecule has 0 bridgehead atoms. The van der Waals surface area contributed by atoms with Crippen LogP contribution in [0.5, 0.6) is 0 Å². The van der Waals surface area contributed by atoms with Crippen LogP contribution in [0.1, 0.15) is 21.5 Å². The molecule has 1 saturated heterocycles. The van der Waals surface area contributed by atoms with Gasteiger partial charge in [0.05, 0.1) is 18.8 Å². The van der Waals surface area contributed by atoms with Crippen LogP contribution in [0.25, 0.3) is 11.1 Å². The highest BCUT2D eigenvalue weighted by Gasteiger charge is 2.31. The topological polar surface area (TPSA) is 54.5 Å². The van der Waals surface area contributed by atoms with Gasteiger partial charge in [0.15, 0.2) is 0 Å². The highest BCUT2D eigenvalue weighted by atomic mass is 35.5. The summed E-state index contributed by atoms with van der Waals surface area (Å²) in [4.78, 5) is 19.1. The van der Waals surface area contributed by atoms with Gasteiger partial charge in [-0.15, -0.1) is 0 Å². The zero-order valence-electron chi connectivity index (χ0n) is 17.7. The standard InChI is InChI=1S/C24H21ClF3N3O2/c1-15-5-6-19(29-23(32)16-3-2-4-18(11-16)24(26,27)28)14-20(15)17-12-21(25)30-22(13-17)31-7-9-33-10-8-31/h2-6,11-14H,7-10H2,1H3,(H,29,32). The van der Waals surface area contributed by atoms with Gasteiger partial charge in [-0.1, -0.05) is 23.7 Å². The summed E-state index contributed by atoms with van der Waals surface area (Å²) in [6.07, 6.45) is -4.52. The number of hydrogen-bond acceptors (Lipinski definition) is 4. The van der Waals surface area contributed by atoms with E-state index in [0.29, 0.717) is 37.1 Å². The van der Waals surface area contributed by atoms with E-state index >= 15 is 0 Å². The summed E-state index contributed by atoms with van der Waals surface area (Å²) in [6.45, 7) is 4.56. The number of amides is 1. The van der Waals surface area contributed by atoms with Crippen molar-refractivity contribution in [2.75, 3.05) is 36.5 Å². The first-order valence-electron chi connectivity index (χ1n) is 10.3. The summed E-state index contributed by atoms with van der Waals surface area (Å²) in [5.41, 5.74) is 2.11. The number of ether oxygens (including phenoxy) is 1. The lowest BCUT2D eigenvalue weighted by atomic mass is 10.00. The average molecular weight is 476 g/mol. The van der Waals surface area contributed by atoms with E-state index in [1.807, 2.05) is 19.1 Å². The molecule has 33 heavy (non-hydrogen) atoms. The number of halogens is 4. The lowest BCUT2D eigenvalue weighted by molar-refractivity contribution is -0.137. The lowest BCUT2D eigenvalue weighted by Gasteiger charge is -2.28. The summed E-state index contributed by atoms with van der Waals surface area (Å²) >= 11 is 6.30. The number of carbonyl (C=O) groups is 1. The number of nitrogens with zero attached hydrogens (tertiary/aromatic N) is 2. The zero-order valence-corrected chi connectivity index (χ0v) is 18.5. The summed E-state index contributed by atoms with van der Waals surface area (Å²) in [6, 6.07) is 13.3. The van der Waals surface area contributed by atoms with Crippen molar-refractivity contribution in [3.8, 4) is 11.1 Å². The molecule has 2 heterocycles. The molecular weight excluding hydrogens is 455 g/mol. The quantitative estimate of drug-likeness (QED) is 0.483. The van der Waals surface area contributed by atoms with E-state index in [1.165, 1.54) is 12.1 Å². The Morgan fingerprint density at radius 3 is 2.58 bits per heavy atom. The Balaban J connectivity index is 1.61. The van der Waals surface area contributed by atoms with E-state index < -0.39 is 17.6 Å². The third-order valence-corrected chi connectivity index (χ3v) is 5.57. The second kappa shape index (κ2) is 9.41. The van der Waals surface area contributed by atoms with E-state index in [4.69, 9.17) is 16.3 Å². The molecule has 5 nitrogen and oxygen atoms in total. The number of carbonyl (C=O) groups excluding carboxylic acids is 1. The van der Waals surface area contributed by atoms with Crippen LogP contribution in [-0.2, 0) is 10.9 Å². The third-order valence-electron chi connectivity index (χ3n) is 5.37. The maximum absolute atomic E-state index is 13.0. The summed E-state index contributed by atoms with van der Waals surface area (Å²) in [5.74, 6) is 0.108. The van der Waals surface area contributed by atoms with Crippen LogP contribution in [0.3, 0.4) is 0 Å². The molecule has 2 aromatic carbocycles. The summed E-state index contributed by atoms with van der Waals surface area (Å²) in [7, 11) is 0. The molecule has 0 unspecified atom stereocenters. The van der Waals surface area contributed by atoms with Crippen molar-refractivity contribution in [3.63, 3.8) is 0 Å². The Kier molecular flexibility index (Phi) is 6.58. The van der Waals surface area contributed by atoms with Gasteiger partial charge in [0.25, 0.3) is 5.91 Å². The van der Waals surface area contributed by atoms with Crippen LogP contribution in [-0.4, -0.2) is 37.2 Å². The highest BCUT2D eigenvalue weighted by molar-refractivity contribution is 6.29. The molecular formula is C24H21ClF3N3O2. The van der Waals surface area contributed by atoms with Gasteiger partial charge < -0.3 is 15.0 Å². The van der Waals surface area contributed by atoms with Gasteiger partial charge in [-0.05, 0) is 66.1 Å². The minimum absolute atomic E-state index is 0.0755. The first-order valence-corrected chi connectivity index (χ1v) is 10.7. The molecule has 0 aliphatic carbocycles. The fourth-order valence-electron chi connectivity index (χ4n) is 3.64. The predicted octanol–water partition coefficient (Wildman–Crippen LogP) is 5.82. The Labute approximate surface area is 194 Å². The molecule has 172 valence electrons. The number of aryl methyl sites for hydroxylation is 1. The van der Waals surface area contributed by atoms with Gasteiger partial charge in [0.2, 0.25) is 0 Å². The van der Waals surface area contributed by atoms with Crippen molar-refractivity contribution in [1.29, 1.82) is 0 Å². The van der Waals surface area contributed by atoms with Crippen LogP contribution >= 0.6 is 11.6 Å². The van der Waals surface area contributed by atoms with Crippen molar-refractivity contribution >= 4 is 29.0 Å². The fraction of sp³-hybridized carbons (Fsp3) is 0.250. The fourth-order valence-corrected chi connectivity index (χ4v) is 3.85. The van der Waals surface area contributed by atoms with Crippen molar-refractivity contribution in [2.45, 2.75) is 13.1 Å². The lowest BCUT2D eigenvalue weighted by Crippen LogP contribution is -2.36. The normalized spacial score (nSPS) is 14.3. The van der Waals surface area contributed by atoms with E-state index in [-0.39, 0.29) is 5.56 Å². The number of morpholine rings is 1. The first-order chi connectivity index (χ1) is 15.7. The maximum Gasteiger partial charge on any atom is 0.416 e. The van der Waals surface area contributed by atoms with E-state index in [9.17, 15) is 18.0 Å². The number of nitrogens with one attached hydrogen (secondary N) is 1. The highest BCUT2D eigenvalue weighted by Crippen LogP contribution is 2.32. The molecule has 1 aromatic heterocycles. The number of hydrogen-bond donors (Lipinski definition) is 1. The number of benzene rings is 2. The SMILES string of the molecule is Cc1ccc(NC(=O)c2cccc(C(F)(F)F)c2)cc1-c1cc(Cl)nc(N2CCOCC2)c1. The number of aromatic nitrogens is 1. The molecule has 0 spiro atoms. The second-order valence-electron chi connectivity index (χ2n) is 7.70. The molecule has 0 radical (unpaired) electrons.